The van der Waals surface area contributed by atoms with E-state index in [0.717, 1.165) is 12.1 Å². The van der Waals surface area contributed by atoms with Crippen LogP contribution >= 0.6 is 11.8 Å². The molecule has 88 valence electrons. The molecule has 0 amide bonds. The van der Waals surface area contributed by atoms with Crippen molar-refractivity contribution in [3.8, 4) is 0 Å². The number of nitrogens with zero attached hydrogens (tertiary/aromatic N) is 2. The second kappa shape index (κ2) is 5.09. The zero-order valence-corrected chi connectivity index (χ0v) is 9.76. The number of anilines is 1. The summed E-state index contributed by atoms with van der Waals surface area (Å²) < 4.78 is 25.7. The second-order valence-electron chi connectivity index (χ2n) is 3.15. The largest absolute Gasteiger partial charge is 0.357 e. The molecule has 0 unspecified atom stereocenters. The predicted octanol–water partition coefficient (Wildman–Crippen LogP) is 2.95. The molecular formula is C11H9F2N3S. The van der Waals surface area contributed by atoms with Crippen molar-refractivity contribution in [2.75, 3.05) is 12.4 Å². The quantitative estimate of drug-likeness (QED) is 0.853. The van der Waals surface area contributed by atoms with Crippen LogP contribution in [-0.2, 0) is 0 Å². The SMILES string of the molecule is CNc1nccc(Sc2ccc(F)c(F)c2)n1. The predicted molar refractivity (Wildman–Crippen MR) is 62.1 cm³/mol. The lowest BCUT2D eigenvalue weighted by Crippen LogP contribution is -1.95. The molecule has 0 aliphatic heterocycles. The number of benzene rings is 1. The summed E-state index contributed by atoms with van der Waals surface area (Å²) in [5.41, 5.74) is 0. The van der Waals surface area contributed by atoms with Crippen LogP contribution in [0.25, 0.3) is 0 Å². The van der Waals surface area contributed by atoms with Gasteiger partial charge >= 0.3 is 0 Å². The average molecular weight is 253 g/mol. The maximum Gasteiger partial charge on any atom is 0.223 e. The Bertz CT molecular complexity index is 534. The molecule has 0 saturated heterocycles. The van der Waals surface area contributed by atoms with Gasteiger partial charge in [0.15, 0.2) is 11.6 Å². The van der Waals surface area contributed by atoms with Crippen molar-refractivity contribution in [2.45, 2.75) is 9.92 Å². The highest BCUT2D eigenvalue weighted by atomic mass is 32.2. The number of rotatable bonds is 3. The summed E-state index contributed by atoms with van der Waals surface area (Å²) in [4.78, 5) is 8.71. The fraction of sp³-hybridized carbons (Fsp3) is 0.0909. The van der Waals surface area contributed by atoms with Gasteiger partial charge in [-0.05, 0) is 24.3 Å². The summed E-state index contributed by atoms with van der Waals surface area (Å²) in [6.45, 7) is 0. The van der Waals surface area contributed by atoms with E-state index in [4.69, 9.17) is 0 Å². The van der Waals surface area contributed by atoms with E-state index in [2.05, 4.69) is 15.3 Å². The molecule has 2 rings (SSSR count). The lowest BCUT2D eigenvalue weighted by Gasteiger charge is -2.03. The molecule has 2 aromatic rings. The molecule has 1 N–H and O–H groups in total. The van der Waals surface area contributed by atoms with E-state index >= 15 is 0 Å². The summed E-state index contributed by atoms with van der Waals surface area (Å²) in [7, 11) is 1.71. The van der Waals surface area contributed by atoms with E-state index in [1.54, 1.807) is 19.3 Å². The molecule has 0 atom stereocenters. The number of aromatic nitrogens is 2. The van der Waals surface area contributed by atoms with Crippen LogP contribution in [0.15, 0.2) is 40.4 Å². The summed E-state index contributed by atoms with van der Waals surface area (Å²) in [6.07, 6.45) is 1.60. The monoisotopic (exact) mass is 253 g/mol. The van der Waals surface area contributed by atoms with E-state index in [0.29, 0.717) is 15.9 Å². The first kappa shape index (κ1) is 11.8. The van der Waals surface area contributed by atoms with Crippen molar-refractivity contribution in [2.24, 2.45) is 0 Å². The first-order chi connectivity index (χ1) is 8.19. The van der Waals surface area contributed by atoms with Gasteiger partial charge in [0.25, 0.3) is 0 Å². The third-order valence-corrected chi connectivity index (χ3v) is 2.89. The Kier molecular flexibility index (Phi) is 3.53. The minimum Gasteiger partial charge on any atom is -0.357 e. The standard InChI is InChI=1S/C11H9F2N3S/c1-14-11-15-5-4-10(16-11)17-7-2-3-8(12)9(13)6-7/h2-6H,1H3,(H,14,15,16). The zero-order valence-electron chi connectivity index (χ0n) is 8.95. The van der Waals surface area contributed by atoms with Crippen molar-refractivity contribution in [1.82, 2.24) is 9.97 Å². The van der Waals surface area contributed by atoms with Crippen LogP contribution in [0.2, 0.25) is 0 Å². The molecule has 17 heavy (non-hydrogen) atoms. The molecule has 1 aromatic carbocycles. The minimum atomic E-state index is -0.863. The number of halogens is 2. The van der Waals surface area contributed by atoms with Gasteiger partial charge in [-0.15, -0.1) is 0 Å². The van der Waals surface area contributed by atoms with Crippen LogP contribution < -0.4 is 5.32 Å². The van der Waals surface area contributed by atoms with Gasteiger partial charge in [-0.3, -0.25) is 0 Å². The Labute approximate surface area is 101 Å². The Morgan fingerprint density at radius 1 is 1.18 bits per heavy atom. The number of hydrogen-bond donors (Lipinski definition) is 1. The van der Waals surface area contributed by atoms with Crippen LogP contribution in [0.4, 0.5) is 14.7 Å². The first-order valence-corrected chi connectivity index (χ1v) is 5.64. The summed E-state index contributed by atoms with van der Waals surface area (Å²) in [6, 6.07) is 5.44. The maximum atomic E-state index is 13.0. The first-order valence-electron chi connectivity index (χ1n) is 4.83. The third-order valence-electron chi connectivity index (χ3n) is 1.97. The fourth-order valence-corrected chi connectivity index (χ4v) is 1.98. The Hall–Kier alpha value is -1.69. The summed E-state index contributed by atoms with van der Waals surface area (Å²) in [5.74, 6) is -1.23. The van der Waals surface area contributed by atoms with Crippen LogP contribution in [0.1, 0.15) is 0 Å². The van der Waals surface area contributed by atoms with Crippen molar-refractivity contribution < 1.29 is 8.78 Å². The molecule has 0 saturated carbocycles. The van der Waals surface area contributed by atoms with E-state index in [1.807, 2.05) is 0 Å². The zero-order chi connectivity index (χ0) is 12.3. The molecule has 3 nitrogen and oxygen atoms in total. The highest BCUT2D eigenvalue weighted by Crippen LogP contribution is 2.27. The number of hydrogen-bond acceptors (Lipinski definition) is 4. The molecule has 0 fully saturated rings. The summed E-state index contributed by atoms with van der Waals surface area (Å²) >= 11 is 1.24. The normalized spacial score (nSPS) is 10.3. The Morgan fingerprint density at radius 3 is 2.71 bits per heavy atom. The van der Waals surface area contributed by atoms with E-state index in [1.165, 1.54) is 17.8 Å². The van der Waals surface area contributed by atoms with Crippen LogP contribution in [0.3, 0.4) is 0 Å². The lowest BCUT2D eigenvalue weighted by molar-refractivity contribution is 0.506. The lowest BCUT2D eigenvalue weighted by atomic mass is 10.3. The molecule has 0 spiro atoms. The molecule has 0 bridgehead atoms. The molecule has 1 aromatic heterocycles. The molecule has 0 aliphatic carbocycles. The van der Waals surface area contributed by atoms with Crippen molar-refractivity contribution >= 4 is 17.7 Å². The van der Waals surface area contributed by atoms with Gasteiger partial charge in [0.2, 0.25) is 5.95 Å². The van der Waals surface area contributed by atoms with Gasteiger partial charge in [-0.1, -0.05) is 11.8 Å². The smallest absolute Gasteiger partial charge is 0.223 e. The van der Waals surface area contributed by atoms with Gasteiger partial charge in [0, 0.05) is 18.1 Å². The van der Waals surface area contributed by atoms with Gasteiger partial charge < -0.3 is 5.32 Å². The Morgan fingerprint density at radius 2 is 2.00 bits per heavy atom. The van der Waals surface area contributed by atoms with Crippen molar-refractivity contribution in [1.29, 1.82) is 0 Å². The molecule has 6 heteroatoms. The van der Waals surface area contributed by atoms with E-state index < -0.39 is 11.6 Å². The van der Waals surface area contributed by atoms with Gasteiger partial charge in [0.1, 0.15) is 5.03 Å². The molecule has 0 aliphatic rings. The van der Waals surface area contributed by atoms with E-state index in [-0.39, 0.29) is 0 Å². The highest BCUT2D eigenvalue weighted by molar-refractivity contribution is 7.99. The van der Waals surface area contributed by atoms with Gasteiger partial charge in [0.05, 0.1) is 0 Å². The van der Waals surface area contributed by atoms with Gasteiger partial charge in [-0.25, -0.2) is 18.7 Å². The molecule has 1 heterocycles. The summed E-state index contributed by atoms with van der Waals surface area (Å²) in [5, 5.41) is 3.47. The third kappa shape index (κ3) is 2.91. The van der Waals surface area contributed by atoms with Crippen molar-refractivity contribution in [3.63, 3.8) is 0 Å². The van der Waals surface area contributed by atoms with Crippen LogP contribution in [-0.4, -0.2) is 17.0 Å². The minimum absolute atomic E-state index is 0.484. The highest BCUT2D eigenvalue weighted by Gasteiger charge is 2.05. The molecular weight excluding hydrogens is 244 g/mol. The average Bonchev–Trinajstić information content (AvgIpc) is 2.34. The topological polar surface area (TPSA) is 37.8 Å². The number of nitrogens with one attached hydrogen (secondary N) is 1. The van der Waals surface area contributed by atoms with Crippen molar-refractivity contribution in [3.05, 3.63) is 42.1 Å². The van der Waals surface area contributed by atoms with Gasteiger partial charge in [-0.2, -0.15) is 0 Å². The Balaban J connectivity index is 2.22. The molecule has 0 radical (unpaired) electrons. The maximum absolute atomic E-state index is 13.0. The fourth-order valence-electron chi connectivity index (χ4n) is 1.18. The van der Waals surface area contributed by atoms with Crippen LogP contribution in [0.5, 0.6) is 0 Å². The van der Waals surface area contributed by atoms with E-state index in [9.17, 15) is 8.78 Å². The second-order valence-corrected chi connectivity index (χ2v) is 4.24. The van der Waals surface area contributed by atoms with Crippen LogP contribution in [0, 0.1) is 11.6 Å².